The zero-order chi connectivity index (χ0) is 22.7. The number of nitrogens with one attached hydrogen (secondary N) is 1. The Labute approximate surface area is 192 Å². The lowest BCUT2D eigenvalue weighted by Gasteiger charge is -2.32. The molecular weight excluding hydrogens is 424 g/mol. The predicted octanol–water partition coefficient (Wildman–Crippen LogP) is 4.11. The van der Waals surface area contributed by atoms with Gasteiger partial charge in [-0.15, -0.1) is 11.3 Å². The number of thiophene rings is 1. The number of nitrogens with zero attached hydrogens (tertiary/aromatic N) is 3. The van der Waals surface area contributed by atoms with Crippen molar-refractivity contribution in [2.45, 2.75) is 39.7 Å². The highest BCUT2D eigenvalue weighted by Gasteiger charge is 2.27. The third-order valence-electron chi connectivity index (χ3n) is 6.09. The Bertz CT molecular complexity index is 1110. The van der Waals surface area contributed by atoms with E-state index < -0.39 is 0 Å². The zero-order valence-electron chi connectivity index (χ0n) is 19.1. The molecule has 170 valence electrons. The molecule has 0 spiro atoms. The normalized spacial score (nSPS) is 14.6. The number of rotatable bonds is 7. The fraction of sp³-hybridized carbons (Fsp3) is 0.458. The Balaban J connectivity index is 1.40. The number of methoxy groups -OCH3 is 2. The van der Waals surface area contributed by atoms with Crippen molar-refractivity contribution in [3.8, 4) is 11.5 Å². The predicted molar refractivity (Wildman–Crippen MR) is 128 cm³/mol. The monoisotopic (exact) mass is 454 g/mol. The summed E-state index contributed by atoms with van der Waals surface area (Å²) in [5, 5.41) is 6.35. The molecule has 1 N–H and O–H groups in total. The molecule has 0 unspecified atom stereocenters. The number of aryl methyl sites for hydroxylation is 2. The van der Waals surface area contributed by atoms with Gasteiger partial charge >= 0.3 is 0 Å². The lowest BCUT2D eigenvalue weighted by Crippen LogP contribution is -2.40. The quantitative estimate of drug-likeness (QED) is 0.579. The van der Waals surface area contributed by atoms with Gasteiger partial charge in [0.05, 0.1) is 25.1 Å². The van der Waals surface area contributed by atoms with E-state index in [9.17, 15) is 4.79 Å². The van der Waals surface area contributed by atoms with Crippen LogP contribution in [0.2, 0.25) is 0 Å². The molecule has 32 heavy (non-hydrogen) atoms. The van der Waals surface area contributed by atoms with E-state index in [2.05, 4.69) is 34.4 Å². The summed E-state index contributed by atoms with van der Waals surface area (Å²) in [5.74, 6) is 3.43. The van der Waals surface area contributed by atoms with E-state index >= 15 is 0 Å². The van der Waals surface area contributed by atoms with Gasteiger partial charge in [-0.1, -0.05) is 6.92 Å². The highest BCUT2D eigenvalue weighted by molar-refractivity contribution is 7.11. The number of piperidine rings is 1. The van der Waals surface area contributed by atoms with Crippen LogP contribution in [-0.4, -0.2) is 43.2 Å². The summed E-state index contributed by atoms with van der Waals surface area (Å²) in [5.41, 5.74) is 1.96. The molecule has 4 rings (SSSR count). The summed E-state index contributed by atoms with van der Waals surface area (Å²) in [6.07, 6.45) is 2.43. The highest BCUT2D eigenvalue weighted by Crippen LogP contribution is 2.34. The molecule has 1 aliphatic rings. The van der Waals surface area contributed by atoms with Crippen LogP contribution >= 0.6 is 11.3 Å². The molecule has 1 saturated heterocycles. The van der Waals surface area contributed by atoms with Gasteiger partial charge in [0.2, 0.25) is 5.91 Å². The number of ether oxygens (including phenoxy) is 2. The highest BCUT2D eigenvalue weighted by atomic mass is 32.1. The molecule has 8 heteroatoms. The number of hydrogen-bond acceptors (Lipinski definition) is 7. The Morgan fingerprint density at radius 3 is 2.69 bits per heavy atom. The first-order valence-electron chi connectivity index (χ1n) is 11.0. The number of carbonyl (C=O) groups excluding carboxylic acids is 1. The van der Waals surface area contributed by atoms with Gasteiger partial charge in [0.25, 0.3) is 0 Å². The van der Waals surface area contributed by atoms with Crippen molar-refractivity contribution in [2.24, 2.45) is 5.92 Å². The number of aromatic nitrogens is 2. The molecule has 0 aliphatic carbocycles. The first kappa shape index (κ1) is 22.3. The second-order valence-corrected chi connectivity index (χ2v) is 9.11. The minimum atomic E-state index is 0.00189. The number of fused-ring (bicyclic) bond motifs is 1. The van der Waals surface area contributed by atoms with Gasteiger partial charge in [-0.05, 0) is 31.9 Å². The standard InChI is InChI=1S/C24H30N4O3S/c1-5-21-26-19-14-32-15(2)22(19)23(27-21)28-10-8-16(9-11-28)24(29)25-13-17-6-7-18(30-3)12-20(17)31-4/h6-7,12,14,16H,5,8-11,13H2,1-4H3,(H,25,29). The van der Waals surface area contributed by atoms with Gasteiger partial charge < -0.3 is 19.7 Å². The van der Waals surface area contributed by atoms with E-state index in [0.717, 1.165) is 66.2 Å². The molecule has 3 heterocycles. The van der Waals surface area contributed by atoms with Crippen molar-refractivity contribution < 1.29 is 14.3 Å². The average molecular weight is 455 g/mol. The number of amides is 1. The van der Waals surface area contributed by atoms with Crippen LogP contribution in [0.5, 0.6) is 11.5 Å². The van der Waals surface area contributed by atoms with Crippen LogP contribution in [0.25, 0.3) is 10.9 Å². The van der Waals surface area contributed by atoms with Crippen LogP contribution in [0.15, 0.2) is 23.6 Å². The molecule has 0 atom stereocenters. The van der Waals surface area contributed by atoms with Crippen LogP contribution in [0.3, 0.4) is 0 Å². The Kier molecular flexibility index (Phi) is 6.79. The van der Waals surface area contributed by atoms with Crippen molar-refractivity contribution in [1.29, 1.82) is 0 Å². The molecular formula is C24H30N4O3S. The smallest absolute Gasteiger partial charge is 0.223 e. The largest absolute Gasteiger partial charge is 0.497 e. The van der Waals surface area contributed by atoms with Crippen molar-refractivity contribution in [2.75, 3.05) is 32.2 Å². The maximum atomic E-state index is 12.8. The number of hydrogen-bond donors (Lipinski definition) is 1. The minimum absolute atomic E-state index is 0.00189. The summed E-state index contributed by atoms with van der Waals surface area (Å²) in [6.45, 7) is 6.27. The van der Waals surface area contributed by atoms with Crippen LogP contribution < -0.4 is 19.7 Å². The summed E-state index contributed by atoms with van der Waals surface area (Å²) in [4.78, 5) is 25.9. The molecule has 2 aromatic heterocycles. The van der Waals surface area contributed by atoms with Gasteiger partial charge in [0.1, 0.15) is 23.1 Å². The van der Waals surface area contributed by atoms with Gasteiger partial charge in [-0.3, -0.25) is 4.79 Å². The average Bonchev–Trinajstić information content (AvgIpc) is 3.22. The van der Waals surface area contributed by atoms with Crippen molar-refractivity contribution in [1.82, 2.24) is 15.3 Å². The summed E-state index contributed by atoms with van der Waals surface area (Å²) in [6, 6.07) is 5.64. The molecule has 7 nitrogen and oxygen atoms in total. The Morgan fingerprint density at radius 2 is 2.00 bits per heavy atom. The number of benzene rings is 1. The van der Waals surface area contributed by atoms with Gasteiger partial charge in [-0.2, -0.15) is 0 Å². The fourth-order valence-corrected chi connectivity index (χ4v) is 4.98. The number of carbonyl (C=O) groups is 1. The molecule has 1 aromatic carbocycles. The summed E-state index contributed by atoms with van der Waals surface area (Å²) in [7, 11) is 3.25. The minimum Gasteiger partial charge on any atom is -0.497 e. The molecule has 1 fully saturated rings. The van der Waals surface area contributed by atoms with Gasteiger partial charge in [-0.25, -0.2) is 9.97 Å². The topological polar surface area (TPSA) is 76.6 Å². The Hall–Kier alpha value is -2.87. The van der Waals surface area contributed by atoms with E-state index in [1.54, 1.807) is 25.6 Å². The van der Waals surface area contributed by atoms with E-state index in [0.29, 0.717) is 12.3 Å². The van der Waals surface area contributed by atoms with E-state index in [4.69, 9.17) is 14.5 Å². The van der Waals surface area contributed by atoms with Crippen molar-refractivity contribution in [3.05, 3.63) is 39.8 Å². The first-order valence-corrected chi connectivity index (χ1v) is 11.9. The van der Waals surface area contributed by atoms with Crippen LogP contribution in [0, 0.1) is 12.8 Å². The fourth-order valence-electron chi connectivity index (χ4n) is 4.20. The lowest BCUT2D eigenvalue weighted by atomic mass is 9.95. The van der Waals surface area contributed by atoms with E-state index in [1.165, 1.54) is 4.88 Å². The first-order chi connectivity index (χ1) is 15.5. The van der Waals surface area contributed by atoms with E-state index in [1.807, 2.05) is 18.2 Å². The molecule has 3 aromatic rings. The second-order valence-electron chi connectivity index (χ2n) is 8.03. The molecule has 0 radical (unpaired) electrons. The van der Waals surface area contributed by atoms with Crippen LogP contribution in [0.4, 0.5) is 5.82 Å². The maximum absolute atomic E-state index is 12.8. The SMILES string of the molecule is CCc1nc(N2CCC(C(=O)NCc3ccc(OC)cc3OC)CC2)c2c(C)scc2n1. The van der Waals surface area contributed by atoms with Crippen molar-refractivity contribution >= 4 is 34.0 Å². The third kappa shape index (κ3) is 4.50. The molecule has 0 bridgehead atoms. The molecule has 1 aliphatic heterocycles. The molecule has 1 amide bonds. The van der Waals surface area contributed by atoms with Gasteiger partial charge in [0.15, 0.2) is 0 Å². The summed E-state index contributed by atoms with van der Waals surface area (Å²) >= 11 is 1.72. The van der Waals surface area contributed by atoms with E-state index in [-0.39, 0.29) is 11.8 Å². The molecule has 0 saturated carbocycles. The Morgan fingerprint density at radius 1 is 1.22 bits per heavy atom. The number of anilines is 1. The van der Waals surface area contributed by atoms with Crippen LogP contribution in [-0.2, 0) is 17.8 Å². The zero-order valence-corrected chi connectivity index (χ0v) is 19.9. The van der Waals surface area contributed by atoms with Gasteiger partial charge in [0, 0.05) is 53.9 Å². The van der Waals surface area contributed by atoms with Crippen LogP contribution in [0.1, 0.15) is 36.0 Å². The van der Waals surface area contributed by atoms with Crippen molar-refractivity contribution in [3.63, 3.8) is 0 Å². The lowest BCUT2D eigenvalue weighted by molar-refractivity contribution is -0.125. The second kappa shape index (κ2) is 9.73. The maximum Gasteiger partial charge on any atom is 0.223 e. The summed E-state index contributed by atoms with van der Waals surface area (Å²) < 4.78 is 10.7. The third-order valence-corrected chi connectivity index (χ3v) is 6.99.